The number of ether oxygens (including phenoxy) is 1. The van der Waals surface area contributed by atoms with Gasteiger partial charge in [0.15, 0.2) is 0 Å². The molecule has 2 heteroatoms. The lowest BCUT2D eigenvalue weighted by molar-refractivity contribution is 0.0518. The van der Waals surface area contributed by atoms with Gasteiger partial charge in [0.05, 0.1) is 13.2 Å². The molecule has 0 amide bonds. The summed E-state index contributed by atoms with van der Waals surface area (Å²) in [6.07, 6.45) is 0. The Kier molecular flexibility index (Phi) is 2.30. The highest BCUT2D eigenvalue weighted by atomic mass is 16.5. The molecule has 1 aliphatic rings. The van der Waals surface area contributed by atoms with E-state index in [0.717, 1.165) is 26.3 Å². The minimum Gasteiger partial charge on any atom is -0.453 e. The molecule has 0 aromatic carbocycles. The molecule has 1 aliphatic heterocycles. The van der Waals surface area contributed by atoms with Crippen LogP contribution < -0.4 is 0 Å². The molecule has 48 valence electrons. The first-order valence-electron chi connectivity index (χ1n) is 3.05. The normalized spacial score (nSPS) is 23.6. The Balaban J connectivity index is 2.13. The van der Waals surface area contributed by atoms with Gasteiger partial charge in [0.1, 0.15) is 0 Å². The number of rotatable bonds is 1. The third kappa shape index (κ3) is 1.46. The Labute approximate surface area is 50.4 Å². The largest absolute Gasteiger partial charge is 0.453 e. The molecule has 0 radical (unpaired) electrons. The van der Waals surface area contributed by atoms with E-state index in [1.54, 1.807) is 0 Å². The van der Waals surface area contributed by atoms with E-state index >= 15 is 0 Å². The lowest BCUT2D eigenvalue weighted by Crippen LogP contribution is -2.33. The van der Waals surface area contributed by atoms with E-state index in [0.29, 0.717) is 0 Å². The molecule has 1 saturated heterocycles. The predicted octanol–water partition coefficient (Wildman–Crippen LogP) is 0.500. The van der Waals surface area contributed by atoms with Gasteiger partial charge in [-0.25, -0.2) is 0 Å². The maximum absolute atomic E-state index is 5.14. The van der Waals surface area contributed by atoms with Crippen LogP contribution in [0.25, 0.3) is 0 Å². The van der Waals surface area contributed by atoms with Gasteiger partial charge in [-0.2, -0.15) is 6.92 Å². The van der Waals surface area contributed by atoms with Crippen LogP contribution in [0.5, 0.6) is 0 Å². The zero-order valence-electron chi connectivity index (χ0n) is 5.26. The Morgan fingerprint density at radius 2 is 2.00 bits per heavy atom. The van der Waals surface area contributed by atoms with Crippen molar-refractivity contribution >= 4 is 0 Å². The number of hydrogen-bond donors (Lipinski definition) is 0. The van der Waals surface area contributed by atoms with Crippen molar-refractivity contribution in [2.75, 3.05) is 26.3 Å². The minimum atomic E-state index is 0.893. The minimum absolute atomic E-state index is 0.893. The smallest absolute Gasteiger partial charge is 0.0570 e. The van der Waals surface area contributed by atoms with Crippen LogP contribution in [0.15, 0.2) is 0 Å². The standard InChI is InChI=1S/C6H12NO/c1-2-7-3-5-8-6-4-7/h2H,3-6H2,1H3/q-1. The fraction of sp³-hybridized carbons (Fsp3) is 0.833. The van der Waals surface area contributed by atoms with Crippen molar-refractivity contribution in [2.24, 2.45) is 0 Å². The molecule has 0 aromatic heterocycles. The van der Waals surface area contributed by atoms with Gasteiger partial charge in [0.25, 0.3) is 0 Å². The van der Waals surface area contributed by atoms with E-state index in [1.165, 1.54) is 0 Å². The van der Waals surface area contributed by atoms with Gasteiger partial charge in [-0.05, 0) is 13.1 Å². The van der Waals surface area contributed by atoms with Gasteiger partial charge in [0.2, 0.25) is 0 Å². The molecule has 2 nitrogen and oxygen atoms in total. The Morgan fingerprint density at radius 1 is 1.38 bits per heavy atom. The molecule has 0 unspecified atom stereocenters. The second kappa shape index (κ2) is 3.05. The average molecular weight is 114 g/mol. The third-order valence-electron chi connectivity index (χ3n) is 1.41. The average Bonchev–Trinajstić information content (AvgIpc) is 1.90. The first kappa shape index (κ1) is 6.05. The van der Waals surface area contributed by atoms with Crippen molar-refractivity contribution in [3.63, 3.8) is 0 Å². The quantitative estimate of drug-likeness (QED) is 0.460. The number of hydrogen-bond acceptors (Lipinski definition) is 2. The molecule has 0 aliphatic carbocycles. The van der Waals surface area contributed by atoms with Crippen LogP contribution in [0.1, 0.15) is 6.92 Å². The molecule has 0 aromatic rings. The van der Waals surface area contributed by atoms with E-state index in [-0.39, 0.29) is 0 Å². The summed E-state index contributed by atoms with van der Waals surface area (Å²) in [4.78, 5) is 2.27. The summed E-state index contributed by atoms with van der Waals surface area (Å²) in [5.74, 6) is 0. The lowest BCUT2D eigenvalue weighted by Gasteiger charge is -2.33. The van der Waals surface area contributed by atoms with Crippen LogP contribution in [0.2, 0.25) is 0 Å². The summed E-state index contributed by atoms with van der Waals surface area (Å²) in [7, 11) is 0. The Bertz CT molecular complexity index is 59.5. The van der Waals surface area contributed by atoms with Gasteiger partial charge in [0, 0.05) is 0 Å². The van der Waals surface area contributed by atoms with Gasteiger partial charge < -0.3 is 9.64 Å². The summed E-state index contributed by atoms with van der Waals surface area (Å²) in [6.45, 7) is 8.09. The van der Waals surface area contributed by atoms with Gasteiger partial charge in [-0.3, -0.25) is 6.54 Å². The molecule has 0 atom stereocenters. The number of nitrogens with zero attached hydrogens (tertiary/aromatic N) is 1. The first-order chi connectivity index (χ1) is 3.93. The number of morpholine rings is 1. The summed E-state index contributed by atoms with van der Waals surface area (Å²) < 4.78 is 5.14. The first-order valence-corrected chi connectivity index (χ1v) is 3.05. The molecule has 0 spiro atoms. The zero-order valence-corrected chi connectivity index (χ0v) is 5.26. The van der Waals surface area contributed by atoms with Crippen LogP contribution in [0.4, 0.5) is 0 Å². The highest BCUT2D eigenvalue weighted by molar-refractivity contribution is 4.65. The zero-order chi connectivity index (χ0) is 5.82. The lowest BCUT2D eigenvalue weighted by atomic mass is 10.4. The van der Waals surface area contributed by atoms with Gasteiger partial charge in [-0.15, -0.1) is 0 Å². The molecule has 8 heavy (non-hydrogen) atoms. The van der Waals surface area contributed by atoms with Crippen LogP contribution in [0, 0.1) is 6.54 Å². The van der Waals surface area contributed by atoms with Crippen LogP contribution in [0.3, 0.4) is 0 Å². The van der Waals surface area contributed by atoms with Crippen molar-refractivity contribution in [3.05, 3.63) is 6.54 Å². The van der Waals surface area contributed by atoms with Gasteiger partial charge >= 0.3 is 0 Å². The van der Waals surface area contributed by atoms with Crippen LogP contribution in [-0.2, 0) is 4.74 Å². The van der Waals surface area contributed by atoms with Crippen molar-refractivity contribution in [2.45, 2.75) is 6.92 Å². The molecule has 1 heterocycles. The summed E-state index contributed by atoms with van der Waals surface area (Å²) in [5, 5.41) is 0. The molecule has 1 rings (SSSR count). The summed E-state index contributed by atoms with van der Waals surface area (Å²) in [6, 6.07) is 0. The predicted molar refractivity (Wildman–Crippen MR) is 32.4 cm³/mol. The molecule has 1 fully saturated rings. The van der Waals surface area contributed by atoms with E-state index in [9.17, 15) is 0 Å². The second-order valence-corrected chi connectivity index (χ2v) is 1.91. The SMILES string of the molecule is C[CH-]N1CCOCC1. The molecule has 0 N–H and O–H groups in total. The highest BCUT2D eigenvalue weighted by Crippen LogP contribution is 1.96. The Morgan fingerprint density at radius 3 is 2.38 bits per heavy atom. The van der Waals surface area contributed by atoms with Gasteiger partial charge in [-0.1, -0.05) is 0 Å². The van der Waals surface area contributed by atoms with E-state index in [1.807, 2.05) is 0 Å². The second-order valence-electron chi connectivity index (χ2n) is 1.91. The molecular weight excluding hydrogens is 102 g/mol. The highest BCUT2D eigenvalue weighted by Gasteiger charge is 1.99. The topological polar surface area (TPSA) is 12.5 Å². The van der Waals surface area contributed by atoms with Crippen molar-refractivity contribution < 1.29 is 4.74 Å². The van der Waals surface area contributed by atoms with E-state index in [4.69, 9.17) is 4.74 Å². The molecule has 0 saturated carbocycles. The third-order valence-corrected chi connectivity index (χ3v) is 1.41. The maximum Gasteiger partial charge on any atom is 0.0570 e. The maximum atomic E-state index is 5.14. The van der Waals surface area contributed by atoms with Crippen molar-refractivity contribution in [1.82, 2.24) is 4.90 Å². The van der Waals surface area contributed by atoms with Crippen molar-refractivity contribution in [3.8, 4) is 0 Å². The summed E-state index contributed by atoms with van der Waals surface area (Å²) >= 11 is 0. The summed E-state index contributed by atoms with van der Waals surface area (Å²) in [5.41, 5.74) is 0. The van der Waals surface area contributed by atoms with Crippen molar-refractivity contribution in [1.29, 1.82) is 0 Å². The fourth-order valence-corrected chi connectivity index (χ4v) is 0.836. The monoisotopic (exact) mass is 114 g/mol. The van der Waals surface area contributed by atoms with Crippen LogP contribution in [-0.4, -0.2) is 31.2 Å². The fourth-order valence-electron chi connectivity index (χ4n) is 0.836. The van der Waals surface area contributed by atoms with E-state index < -0.39 is 0 Å². The Hall–Kier alpha value is -0.0800. The molecule has 0 bridgehead atoms. The van der Waals surface area contributed by atoms with E-state index in [2.05, 4.69) is 18.4 Å². The molecular formula is C6H12NO-. The van der Waals surface area contributed by atoms with Crippen LogP contribution >= 0.6 is 0 Å².